The van der Waals surface area contributed by atoms with Crippen LogP contribution in [0.15, 0.2) is 60.4 Å². The number of rotatable bonds is 5. The lowest BCUT2D eigenvalue weighted by molar-refractivity contribution is -0.122. The third-order valence-electron chi connectivity index (χ3n) is 4.79. The molecular weight excluding hydrogens is 357 g/mol. The van der Waals surface area contributed by atoms with Crippen molar-refractivity contribution in [3.8, 4) is 0 Å². The van der Waals surface area contributed by atoms with Gasteiger partial charge in [0.1, 0.15) is 11.5 Å². The fourth-order valence-corrected chi connectivity index (χ4v) is 3.46. The molecule has 3 aromatic rings. The fraction of sp³-hybridized carbons (Fsp3) is 0.182. The normalized spacial score (nSPS) is 15.6. The molecule has 28 heavy (non-hydrogen) atoms. The van der Waals surface area contributed by atoms with E-state index < -0.39 is 0 Å². The molecule has 6 heteroatoms. The summed E-state index contributed by atoms with van der Waals surface area (Å²) < 4.78 is 15.2. The van der Waals surface area contributed by atoms with Crippen LogP contribution in [0.5, 0.6) is 0 Å². The van der Waals surface area contributed by atoms with Crippen molar-refractivity contribution < 1.29 is 14.0 Å². The van der Waals surface area contributed by atoms with Gasteiger partial charge in [-0.2, -0.15) is 0 Å². The van der Waals surface area contributed by atoms with Crippen molar-refractivity contribution in [1.82, 2.24) is 14.8 Å². The number of benzene rings is 2. The van der Waals surface area contributed by atoms with Gasteiger partial charge >= 0.3 is 6.03 Å². The minimum absolute atomic E-state index is 0.265. The summed E-state index contributed by atoms with van der Waals surface area (Å²) in [5, 5.41) is 3.64. The summed E-state index contributed by atoms with van der Waals surface area (Å²) in [6, 6.07) is 13.9. The fourth-order valence-electron chi connectivity index (χ4n) is 3.46. The van der Waals surface area contributed by atoms with Crippen LogP contribution in [0, 0.1) is 5.82 Å². The Kier molecular flexibility index (Phi) is 4.69. The van der Waals surface area contributed by atoms with Gasteiger partial charge in [-0.1, -0.05) is 37.3 Å². The lowest BCUT2D eigenvalue weighted by atomic mass is 10.1. The molecule has 1 aliphatic heterocycles. The summed E-state index contributed by atoms with van der Waals surface area (Å²) in [6.45, 7) is 2.89. The van der Waals surface area contributed by atoms with E-state index in [1.165, 1.54) is 17.0 Å². The van der Waals surface area contributed by atoms with E-state index in [0.717, 1.165) is 22.0 Å². The highest BCUT2D eigenvalue weighted by Gasteiger charge is 2.32. The van der Waals surface area contributed by atoms with Gasteiger partial charge in [0, 0.05) is 35.8 Å². The molecule has 0 atom stereocenters. The van der Waals surface area contributed by atoms with Gasteiger partial charge in [-0.05, 0) is 36.3 Å². The number of para-hydroxylation sites is 1. The second kappa shape index (κ2) is 7.31. The molecule has 1 fully saturated rings. The zero-order chi connectivity index (χ0) is 19.7. The summed E-state index contributed by atoms with van der Waals surface area (Å²) in [7, 11) is 0. The molecule has 2 heterocycles. The molecule has 0 radical (unpaired) electrons. The van der Waals surface area contributed by atoms with E-state index in [1.807, 2.05) is 37.4 Å². The molecule has 0 bridgehead atoms. The highest BCUT2D eigenvalue weighted by atomic mass is 19.1. The topological polar surface area (TPSA) is 54.3 Å². The van der Waals surface area contributed by atoms with Crippen LogP contribution in [0.2, 0.25) is 0 Å². The Hall–Kier alpha value is -3.41. The van der Waals surface area contributed by atoms with Crippen LogP contribution in [-0.2, 0) is 11.3 Å². The maximum atomic E-state index is 13.2. The number of nitrogens with zero attached hydrogens (tertiary/aromatic N) is 2. The zero-order valence-corrected chi connectivity index (χ0v) is 15.5. The number of amides is 3. The van der Waals surface area contributed by atoms with Gasteiger partial charge in [-0.25, -0.2) is 9.18 Å². The van der Waals surface area contributed by atoms with Crippen molar-refractivity contribution in [3.63, 3.8) is 0 Å². The Morgan fingerprint density at radius 1 is 1.07 bits per heavy atom. The zero-order valence-electron chi connectivity index (χ0n) is 15.5. The predicted molar refractivity (Wildman–Crippen MR) is 106 cm³/mol. The van der Waals surface area contributed by atoms with Crippen molar-refractivity contribution >= 4 is 28.9 Å². The predicted octanol–water partition coefficient (Wildman–Crippen LogP) is 4.13. The van der Waals surface area contributed by atoms with Gasteiger partial charge < -0.3 is 9.88 Å². The van der Waals surface area contributed by atoms with Gasteiger partial charge in [0.05, 0.1) is 0 Å². The number of nitrogens with one attached hydrogen (secondary N) is 1. The molecule has 142 valence electrons. The highest BCUT2D eigenvalue weighted by molar-refractivity contribution is 6.14. The summed E-state index contributed by atoms with van der Waals surface area (Å²) in [5.41, 5.74) is 3.10. The number of hydrogen-bond acceptors (Lipinski definition) is 2. The van der Waals surface area contributed by atoms with Gasteiger partial charge in [0.15, 0.2) is 0 Å². The molecule has 0 aliphatic carbocycles. The summed E-state index contributed by atoms with van der Waals surface area (Å²) in [4.78, 5) is 25.8. The standard InChI is InChI=1S/C22H20FN3O2/c1-2-11-26-21(27)19(24-22(26)28)12-16-14-25(20-6-4-3-5-18(16)20)13-15-7-9-17(23)10-8-15/h3-10,12,14H,2,11,13H2,1H3,(H,24,28)/b19-12+. The monoisotopic (exact) mass is 377 g/mol. The van der Waals surface area contributed by atoms with Crippen LogP contribution in [-0.4, -0.2) is 28.0 Å². The highest BCUT2D eigenvalue weighted by Crippen LogP contribution is 2.25. The molecule has 1 N–H and O–H groups in total. The van der Waals surface area contributed by atoms with Crippen molar-refractivity contribution in [1.29, 1.82) is 0 Å². The van der Waals surface area contributed by atoms with Gasteiger partial charge in [0.2, 0.25) is 0 Å². The number of urea groups is 1. The first kappa shape index (κ1) is 18.0. The molecule has 5 nitrogen and oxygen atoms in total. The Balaban J connectivity index is 1.71. The first-order valence-electron chi connectivity index (χ1n) is 9.23. The first-order chi connectivity index (χ1) is 13.6. The molecule has 4 rings (SSSR count). The van der Waals surface area contributed by atoms with Crippen molar-refractivity contribution in [2.75, 3.05) is 6.54 Å². The van der Waals surface area contributed by atoms with Crippen LogP contribution in [0.1, 0.15) is 24.5 Å². The van der Waals surface area contributed by atoms with Crippen molar-refractivity contribution in [2.24, 2.45) is 0 Å². The summed E-state index contributed by atoms with van der Waals surface area (Å²) in [5.74, 6) is -0.569. The molecule has 3 amide bonds. The summed E-state index contributed by atoms with van der Waals surface area (Å²) in [6.07, 6.45) is 4.38. The Labute approximate surface area is 162 Å². The van der Waals surface area contributed by atoms with Gasteiger partial charge in [0.25, 0.3) is 5.91 Å². The second-order valence-electron chi connectivity index (χ2n) is 6.80. The number of carbonyl (C=O) groups excluding carboxylic acids is 2. The Morgan fingerprint density at radius 2 is 1.82 bits per heavy atom. The van der Waals surface area contributed by atoms with E-state index in [1.54, 1.807) is 18.2 Å². The molecule has 1 aliphatic rings. The average Bonchev–Trinajstić information content (AvgIpc) is 3.17. The van der Waals surface area contributed by atoms with Crippen LogP contribution in [0.3, 0.4) is 0 Å². The van der Waals surface area contributed by atoms with Gasteiger partial charge in [-0.15, -0.1) is 0 Å². The molecule has 0 spiro atoms. The molecular formula is C22H20FN3O2. The van der Waals surface area contributed by atoms with Crippen molar-refractivity contribution in [3.05, 3.63) is 77.4 Å². The number of carbonyl (C=O) groups is 2. The quantitative estimate of drug-likeness (QED) is 0.537. The van der Waals surface area contributed by atoms with Crippen LogP contribution < -0.4 is 5.32 Å². The van der Waals surface area contributed by atoms with Crippen LogP contribution in [0.4, 0.5) is 9.18 Å². The Bertz CT molecular complexity index is 1080. The number of halogens is 1. The number of imide groups is 1. The number of fused-ring (bicyclic) bond motifs is 1. The van der Waals surface area contributed by atoms with E-state index in [0.29, 0.717) is 19.5 Å². The molecule has 1 aromatic heterocycles. The first-order valence-corrected chi connectivity index (χ1v) is 9.23. The molecule has 1 saturated heterocycles. The number of hydrogen-bond donors (Lipinski definition) is 1. The average molecular weight is 377 g/mol. The maximum Gasteiger partial charge on any atom is 0.329 e. The van der Waals surface area contributed by atoms with E-state index in [-0.39, 0.29) is 23.5 Å². The molecule has 2 aromatic carbocycles. The minimum Gasteiger partial charge on any atom is -0.342 e. The largest absolute Gasteiger partial charge is 0.342 e. The molecule has 0 saturated carbocycles. The smallest absolute Gasteiger partial charge is 0.329 e. The lowest BCUT2D eigenvalue weighted by Crippen LogP contribution is -2.31. The maximum absolute atomic E-state index is 13.2. The third-order valence-corrected chi connectivity index (χ3v) is 4.79. The lowest BCUT2D eigenvalue weighted by Gasteiger charge is -2.08. The Morgan fingerprint density at radius 3 is 2.57 bits per heavy atom. The van der Waals surface area contributed by atoms with Crippen molar-refractivity contribution in [2.45, 2.75) is 19.9 Å². The minimum atomic E-state index is -0.381. The van der Waals surface area contributed by atoms with E-state index >= 15 is 0 Å². The second-order valence-corrected chi connectivity index (χ2v) is 6.80. The van der Waals surface area contributed by atoms with E-state index in [4.69, 9.17) is 0 Å². The summed E-state index contributed by atoms with van der Waals surface area (Å²) >= 11 is 0. The SMILES string of the molecule is CCCN1C(=O)N/C(=C/c2cn(Cc3ccc(F)cc3)c3ccccc23)C1=O. The third kappa shape index (κ3) is 3.29. The van der Waals surface area contributed by atoms with E-state index in [2.05, 4.69) is 9.88 Å². The molecule has 0 unspecified atom stereocenters. The van der Waals surface area contributed by atoms with Crippen LogP contribution >= 0.6 is 0 Å². The number of aromatic nitrogens is 1. The van der Waals surface area contributed by atoms with Gasteiger partial charge in [-0.3, -0.25) is 9.69 Å². The van der Waals surface area contributed by atoms with Crippen LogP contribution in [0.25, 0.3) is 17.0 Å². The van der Waals surface area contributed by atoms with E-state index in [9.17, 15) is 14.0 Å².